The van der Waals surface area contributed by atoms with E-state index >= 15 is 0 Å². The van der Waals surface area contributed by atoms with Crippen molar-refractivity contribution in [2.45, 2.75) is 39.3 Å². The van der Waals surface area contributed by atoms with Crippen molar-refractivity contribution >= 4 is 5.97 Å². The average molecular weight is 280 g/mol. The van der Waals surface area contributed by atoms with E-state index in [-0.39, 0.29) is 0 Å². The van der Waals surface area contributed by atoms with Gasteiger partial charge in [-0.25, -0.2) is 4.79 Å². The molecule has 2 heterocycles. The first-order valence-electron chi connectivity index (χ1n) is 7.16. The van der Waals surface area contributed by atoms with E-state index in [2.05, 4.69) is 11.8 Å². The normalized spacial score (nSPS) is 23.8. The maximum atomic E-state index is 11.6. The third kappa shape index (κ3) is 3.22. The zero-order chi connectivity index (χ0) is 14.7. The standard InChI is InChI=1S/C15H24N2O3/c1-10-6-13(20-14(10)15(18)19-3)9-17-8-12(7-16)5-4-11(17)2/h6,11-12H,4-5,7-9,16H2,1-3H3. The van der Waals surface area contributed by atoms with Crippen molar-refractivity contribution in [1.82, 2.24) is 4.90 Å². The van der Waals surface area contributed by atoms with E-state index in [0.29, 0.717) is 17.7 Å². The third-order valence-electron chi connectivity index (χ3n) is 4.14. The minimum atomic E-state index is -0.416. The summed E-state index contributed by atoms with van der Waals surface area (Å²) < 4.78 is 10.4. The molecule has 0 bridgehead atoms. The van der Waals surface area contributed by atoms with Crippen molar-refractivity contribution < 1.29 is 13.9 Å². The van der Waals surface area contributed by atoms with Crippen molar-refractivity contribution in [3.8, 4) is 0 Å². The number of furan rings is 1. The Morgan fingerprint density at radius 2 is 2.30 bits per heavy atom. The van der Waals surface area contributed by atoms with Crippen molar-refractivity contribution in [1.29, 1.82) is 0 Å². The molecule has 1 aromatic rings. The number of ether oxygens (including phenoxy) is 1. The van der Waals surface area contributed by atoms with E-state index in [1.165, 1.54) is 13.5 Å². The van der Waals surface area contributed by atoms with Gasteiger partial charge < -0.3 is 14.9 Å². The number of hydrogen-bond acceptors (Lipinski definition) is 5. The second kappa shape index (κ2) is 6.41. The maximum absolute atomic E-state index is 11.6. The fraction of sp³-hybridized carbons (Fsp3) is 0.667. The van der Waals surface area contributed by atoms with Gasteiger partial charge in [-0.2, -0.15) is 0 Å². The van der Waals surface area contributed by atoms with Crippen LogP contribution in [-0.2, 0) is 11.3 Å². The Morgan fingerprint density at radius 1 is 1.55 bits per heavy atom. The lowest BCUT2D eigenvalue weighted by Crippen LogP contribution is -2.43. The minimum Gasteiger partial charge on any atom is -0.463 e. The smallest absolute Gasteiger partial charge is 0.374 e. The molecule has 112 valence electrons. The topological polar surface area (TPSA) is 68.7 Å². The van der Waals surface area contributed by atoms with Gasteiger partial charge in [0.15, 0.2) is 0 Å². The molecule has 1 aliphatic rings. The second-order valence-electron chi connectivity index (χ2n) is 5.67. The molecule has 2 N–H and O–H groups in total. The monoisotopic (exact) mass is 280 g/mol. The van der Waals surface area contributed by atoms with E-state index in [1.807, 2.05) is 13.0 Å². The molecule has 2 unspecified atom stereocenters. The Bertz CT molecular complexity index is 470. The highest BCUT2D eigenvalue weighted by Crippen LogP contribution is 2.24. The SMILES string of the molecule is COC(=O)c1oc(CN2CC(CN)CCC2C)cc1C. The van der Waals surface area contributed by atoms with Gasteiger partial charge in [-0.1, -0.05) is 0 Å². The van der Waals surface area contributed by atoms with Gasteiger partial charge in [0.05, 0.1) is 13.7 Å². The molecule has 2 rings (SSSR count). The molecular formula is C15H24N2O3. The molecule has 5 heteroatoms. The number of carbonyl (C=O) groups excluding carboxylic acids is 1. The second-order valence-corrected chi connectivity index (χ2v) is 5.67. The molecule has 1 fully saturated rings. The van der Waals surface area contributed by atoms with Crippen LogP contribution in [0.25, 0.3) is 0 Å². The summed E-state index contributed by atoms with van der Waals surface area (Å²) >= 11 is 0. The highest BCUT2D eigenvalue weighted by molar-refractivity contribution is 5.87. The van der Waals surface area contributed by atoms with Crippen LogP contribution in [0.5, 0.6) is 0 Å². The van der Waals surface area contributed by atoms with E-state index < -0.39 is 5.97 Å². The zero-order valence-electron chi connectivity index (χ0n) is 12.5. The number of methoxy groups -OCH3 is 1. The van der Waals surface area contributed by atoms with Crippen LogP contribution < -0.4 is 5.73 Å². The number of piperidine rings is 1. The summed E-state index contributed by atoms with van der Waals surface area (Å²) in [6.07, 6.45) is 2.35. The van der Waals surface area contributed by atoms with Crippen molar-refractivity contribution in [2.24, 2.45) is 11.7 Å². The van der Waals surface area contributed by atoms with Crippen molar-refractivity contribution in [3.05, 3.63) is 23.2 Å². The van der Waals surface area contributed by atoms with E-state index in [0.717, 1.165) is 37.4 Å². The largest absolute Gasteiger partial charge is 0.463 e. The first-order chi connectivity index (χ1) is 9.55. The lowest BCUT2D eigenvalue weighted by molar-refractivity contribution is 0.0555. The van der Waals surface area contributed by atoms with Gasteiger partial charge in [-0.3, -0.25) is 4.90 Å². The van der Waals surface area contributed by atoms with Gasteiger partial charge in [0.2, 0.25) is 5.76 Å². The molecule has 0 aromatic carbocycles. The van der Waals surface area contributed by atoms with Gasteiger partial charge in [0.25, 0.3) is 0 Å². The molecular weight excluding hydrogens is 256 g/mol. The summed E-state index contributed by atoms with van der Waals surface area (Å²) in [6.45, 7) is 6.53. The quantitative estimate of drug-likeness (QED) is 0.854. The Balaban J connectivity index is 2.07. The van der Waals surface area contributed by atoms with Gasteiger partial charge in [-0.15, -0.1) is 0 Å². The number of aryl methyl sites for hydroxylation is 1. The lowest BCUT2D eigenvalue weighted by atomic mass is 9.93. The predicted octanol–water partition coefficient (Wildman–Crippen LogP) is 1.93. The number of hydrogen-bond donors (Lipinski definition) is 1. The van der Waals surface area contributed by atoms with Crippen LogP contribution in [0.2, 0.25) is 0 Å². The summed E-state index contributed by atoms with van der Waals surface area (Å²) in [7, 11) is 1.36. The Kier molecular flexibility index (Phi) is 4.83. The number of carbonyl (C=O) groups is 1. The molecule has 0 aliphatic carbocycles. The molecule has 0 radical (unpaired) electrons. The van der Waals surface area contributed by atoms with Crippen LogP contribution in [0.3, 0.4) is 0 Å². The highest BCUT2D eigenvalue weighted by atomic mass is 16.5. The fourth-order valence-corrected chi connectivity index (χ4v) is 2.80. The van der Waals surface area contributed by atoms with E-state index in [1.54, 1.807) is 0 Å². The molecule has 5 nitrogen and oxygen atoms in total. The molecule has 2 atom stereocenters. The molecule has 0 saturated carbocycles. The Hall–Kier alpha value is -1.33. The molecule has 1 saturated heterocycles. The van der Waals surface area contributed by atoms with Crippen LogP contribution in [-0.4, -0.2) is 37.1 Å². The summed E-state index contributed by atoms with van der Waals surface area (Å²) in [6, 6.07) is 2.44. The number of likely N-dealkylation sites (tertiary alicyclic amines) is 1. The van der Waals surface area contributed by atoms with E-state index in [4.69, 9.17) is 14.9 Å². The number of esters is 1. The van der Waals surface area contributed by atoms with Crippen LogP contribution in [0.1, 0.15) is 41.6 Å². The first kappa shape index (κ1) is 15.1. The van der Waals surface area contributed by atoms with Crippen LogP contribution >= 0.6 is 0 Å². The molecule has 1 aromatic heterocycles. The van der Waals surface area contributed by atoms with Gasteiger partial charge >= 0.3 is 5.97 Å². The highest BCUT2D eigenvalue weighted by Gasteiger charge is 2.26. The van der Waals surface area contributed by atoms with E-state index in [9.17, 15) is 4.79 Å². The average Bonchev–Trinajstić information content (AvgIpc) is 2.81. The fourth-order valence-electron chi connectivity index (χ4n) is 2.80. The number of nitrogens with two attached hydrogens (primary N) is 1. The van der Waals surface area contributed by atoms with Crippen LogP contribution in [0, 0.1) is 12.8 Å². The Labute approximate surface area is 120 Å². The minimum absolute atomic E-state index is 0.308. The molecule has 1 aliphatic heterocycles. The summed E-state index contributed by atoms with van der Waals surface area (Å²) in [4.78, 5) is 13.9. The summed E-state index contributed by atoms with van der Waals surface area (Å²) in [5.41, 5.74) is 6.60. The van der Waals surface area contributed by atoms with Crippen LogP contribution in [0.4, 0.5) is 0 Å². The summed E-state index contributed by atoms with van der Waals surface area (Å²) in [5, 5.41) is 0. The maximum Gasteiger partial charge on any atom is 0.374 e. The zero-order valence-corrected chi connectivity index (χ0v) is 12.5. The molecule has 0 amide bonds. The van der Waals surface area contributed by atoms with Crippen LogP contribution in [0.15, 0.2) is 10.5 Å². The van der Waals surface area contributed by atoms with Crippen molar-refractivity contribution in [2.75, 3.05) is 20.2 Å². The number of nitrogens with zero attached hydrogens (tertiary/aromatic N) is 1. The van der Waals surface area contributed by atoms with Gasteiger partial charge in [-0.05, 0) is 45.2 Å². The molecule has 20 heavy (non-hydrogen) atoms. The lowest BCUT2D eigenvalue weighted by Gasteiger charge is -2.37. The Morgan fingerprint density at radius 3 is 2.95 bits per heavy atom. The van der Waals surface area contributed by atoms with Gasteiger partial charge in [0.1, 0.15) is 5.76 Å². The third-order valence-corrected chi connectivity index (χ3v) is 4.14. The van der Waals surface area contributed by atoms with Crippen molar-refractivity contribution in [3.63, 3.8) is 0 Å². The van der Waals surface area contributed by atoms with Gasteiger partial charge in [0, 0.05) is 18.2 Å². The first-order valence-corrected chi connectivity index (χ1v) is 7.16. The molecule has 0 spiro atoms. The predicted molar refractivity (Wildman–Crippen MR) is 76.4 cm³/mol. The number of rotatable bonds is 4. The summed E-state index contributed by atoms with van der Waals surface area (Å²) in [5.74, 6) is 1.26.